The van der Waals surface area contributed by atoms with Crippen molar-refractivity contribution >= 4 is 17.9 Å². The van der Waals surface area contributed by atoms with Crippen molar-refractivity contribution in [2.45, 2.75) is 0 Å². The molecule has 58 valence electrons. The number of carbonyl (C=O) groups is 1. The highest BCUT2D eigenvalue weighted by Gasteiger charge is 2.01. The van der Waals surface area contributed by atoms with E-state index in [1.165, 1.54) is 19.4 Å². The van der Waals surface area contributed by atoms with Gasteiger partial charge in [0, 0.05) is 11.8 Å². The molecule has 4 heteroatoms. The van der Waals surface area contributed by atoms with Crippen molar-refractivity contribution in [2.24, 2.45) is 0 Å². The molecule has 1 aromatic rings. The fourth-order valence-corrected chi connectivity index (χ4v) is 0.907. The van der Waals surface area contributed by atoms with Gasteiger partial charge in [-0.25, -0.2) is 4.98 Å². The molecule has 1 rings (SSSR count). The Morgan fingerprint density at radius 3 is 2.91 bits per heavy atom. The number of rotatable bonds is 2. The normalized spacial score (nSPS) is 9.27. The van der Waals surface area contributed by atoms with Crippen molar-refractivity contribution in [1.29, 1.82) is 0 Å². The highest BCUT2D eigenvalue weighted by atomic mass is 35.5. The number of nitrogens with zero attached hydrogens (tertiary/aromatic N) is 1. The van der Waals surface area contributed by atoms with Crippen LogP contribution < -0.4 is 4.74 Å². The molecule has 3 nitrogen and oxygen atoms in total. The van der Waals surface area contributed by atoms with Gasteiger partial charge in [-0.05, 0) is 6.07 Å². The molecule has 0 aliphatic rings. The van der Waals surface area contributed by atoms with E-state index in [9.17, 15) is 4.79 Å². The minimum Gasteiger partial charge on any atom is -0.480 e. The molecule has 0 unspecified atom stereocenters. The number of pyridine rings is 1. The number of hydrogen-bond acceptors (Lipinski definition) is 3. The van der Waals surface area contributed by atoms with Crippen LogP contribution in [0.4, 0.5) is 0 Å². The van der Waals surface area contributed by atoms with Crippen molar-refractivity contribution in [3.8, 4) is 5.88 Å². The number of hydrogen-bond donors (Lipinski definition) is 0. The maximum absolute atomic E-state index is 10.2. The number of methoxy groups -OCH3 is 1. The third-order valence-electron chi connectivity index (χ3n) is 1.16. The summed E-state index contributed by atoms with van der Waals surface area (Å²) in [5.74, 6) is 0.331. The van der Waals surface area contributed by atoms with Gasteiger partial charge < -0.3 is 4.74 Å². The summed E-state index contributed by atoms with van der Waals surface area (Å²) in [4.78, 5) is 14.0. The molecular weight excluding hydrogens is 166 g/mol. The minimum atomic E-state index is 0.331. The van der Waals surface area contributed by atoms with E-state index in [0.29, 0.717) is 22.8 Å². The SMILES string of the molecule is COc1ncc(C=O)cc1Cl. The van der Waals surface area contributed by atoms with Crippen LogP contribution in [0, 0.1) is 0 Å². The highest BCUT2D eigenvalue weighted by Crippen LogP contribution is 2.20. The van der Waals surface area contributed by atoms with Crippen LogP contribution in [0.15, 0.2) is 12.3 Å². The van der Waals surface area contributed by atoms with E-state index in [1.807, 2.05) is 0 Å². The number of ether oxygens (including phenoxy) is 1. The molecule has 0 aromatic carbocycles. The Morgan fingerprint density at radius 2 is 2.45 bits per heavy atom. The van der Waals surface area contributed by atoms with Crippen LogP contribution in [0.1, 0.15) is 10.4 Å². The lowest BCUT2D eigenvalue weighted by Gasteiger charge is -1.99. The van der Waals surface area contributed by atoms with Gasteiger partial charge in [0.15, 0.2) is 6.29 Å². The highest BCUT2D eigenvalue weighted by molar-refractivity contribution is 6.32. The van der Waals surface area contributed by atoms with Crippen LogP contribution in [0.5, 0.6) is 5.88 Å². The van der Waals surface area contributed by atoms with Crippen LogP contribution in [-0.2, 0) is 0 Å². The molecule has 0 saturated heterocycles. The van der Waals surface area contributed by atoms with Gasteiger partial charge in [0.05, 0.1) is 7.11 Å². The van der Waals surface area contributed by atoms with E-state index >= 15 is 0 Å². The maximum Gasteiger partial charge on any atom is 0.232 e. The lowest BCUT2D eigenvalue weighted by molar-refractivity contribution is 0.112. The molecule has 1 aromatic heterocycles. The summed E-state index contributed by atoms with van der Waals surface area (Å²) in [6.45, 7) is 0. The molecule has 0 aliphatic carbocycles. The second kappa shape index (κ2) is 3.34. The Morgan fingerprint density at radius 1 is 1.73 bits per heavy atom. The largest absolute Gasteiger partial charge is 0.480 e. The number of halogens is 1. The summed E-state index contributed by atoms with van der Waals surface area (Å²) < 4.78 is 4.79. The third kappa shape index (κ3) is 1.68. The number of aldehydes is 1. The first-order valence-electron chi connectivity index (χ1n) is 2.92. The topological polar surface area (TPSA) is 39.2 Å². The lowest BCUT2D eigenvalue weighted by Crippen LogP contribution is -1.90. The van der Waals surface area contributed by atoms with Crippen molar-refractivity contribution < 1.29 is 9.53 Å². The van der Waals surface area contributed by atoms with E-state index < -0.39 is 0 Å². The van der Waals surface area contributed by atoms with Gasteiger partial charge in [0.2, 0.25) is 5.88 Å². The van der Waals surface area contributed by atoms with Gasteiger partial charge in [-0.3, -0.25) is 4.79 Å². The zero-order valence-electron chi connectivity index (χ0n) is 5.87. The standard InChI is InChI=1S/C7H6ClNO2/c1-11-7-6(8)2-5(4-10)3-9-7/h2-4H,1H3. The minimum absolute atomic E-state index is 0.331. The van der Waals surface area contributed by atoms with E-state index in [4.69, 9.17) is 16.3 Å². The zero-order valence-corrected chi connectivity index (χ0v) is 6.63. The molecule has 0 aliphatic heterocycles. The molecule has 0 spiro atoms. The molecule has 1 heterocycles. The molecule has 0 N–H and O–H groups in total. The van der Waals surface area contributed by atoms with Gasteiger partial charge in [0.25, 0.3) is 0 Å². The van der Waals surface area contributed by atoms with Crippen LogP contribution in [-0.4, -0.2) is 18.4 Å². The quantitative estimate of drug-likeness (QED) is 0.634. The summed E-state index contributed by atoms with van der Waals surface area (Å²) in [6.07, 6.45) is 2.08. The molecular formula is C7H6ClNO2. The molecule has 0 bridgehead atoms. The summed E-state index contributed by atoms with van der Waals surface area (Å²) >= 11 is 5.66. The summed E-state index contributed by atoms with van der Waals surface area (Å²) in [7, 11) is 1.47. The lowest BCUT2D eigenvalue weighted by atomic mass is 10.3. The third-order valence-corrected chi connectivity index (χ3v) is 1.43. The molecule has 0 fully saturated rings. The average molecular weight is 172 g/mol. The molecule has 0 radical (unpaired) electrons. The van der Waals surface area contributed by atoms with E-state index in [-0.39, 0.29) is 0 Å². The summed E-state index contributed by atoms with van der Waals surface area (Å²) in [5.41, 5.74) is 0.441. The molecule has 0 atom stereocenters. The average Bonchev–Trinajstić information content (AvgIpc) is 2.04. The fraction of sp³-hybridized carbons (Fsp3) is 0.143. The smallest absolute Gasteiger partial charge is 0.232 e. The Labute approximate surface area is 69.0 Å². The predicted octanol–water partition coefficient (Wildman–Crippen LogP) is 1.56. The van der Waals surface area contributed by atoms with Crippen LogP contribution in [0.3, 0.4) is 0 Å². The van der Waals surface area contributed by atoms with E-state index in [0.717, 1.165) is 0 Å². The first kappa shape index (κ1) is 8.01. The second-order valence-electron chi connectivity index (χ2n) is 1.88. The molecule has 11 heavy (non-hydrogen) atoms. The maximum atomic E-state index is 10.2. The second-order valence-corrected chi connectivity index (χ2v) is 2.28. The molecule has 0 amide bonds. The molecule has 0 saturated carbocycles. The van der Waals surface area contributed by atoms with Crippen LogP contribution in [0.2, 0.25) is 5.02 Å². The Hall–Kier alpha value is -1.09. The van der Waals surface area contributed by atoms with E-state index in [1.54, 1.807) is 0 Å². The monoisotopic (exact) mass is 171 g/mol. The number of carbonyl (C=O) groups excluding carboxylic acids is 1. The predicted molar refractivity (Wildman–Crippen MR) is 41.2 cm³/mol. The Bertz CT molecular complexity index is 275. The first-order valence-corrected chi connectivity index (χ1v) is 3.30. The van der Waals surface area contributed by atoms with Crippen molar-refractivity contribution in [3.05, 3.63) is 22.8 Å². The van der Waals surface area contributed by atoms with Gasteiger partial charge in [-0.2, -0.15) is 0 Å². The number of aromatic nitrogens is 1. The fourth-order valence-electron chi connectivity index (χ4n) is 0.655. The summed E-state index contributed by atoms with van der Waals surface area (Å²) in [6, 6.07) is 1.50. The van der Waals surface area contributed by atoms with E-state index in [2.05, 4.69) is 4.98 Å². The first-order chi connectivity index (χ1) is 5.27. The van der Waals surface area contributed by atoms with Gasteiger partial charge in [-0.1, -0.05) is 11.6 Å². The van der Waals surface area contributed by atoms with Crippen molar-refractivity contribution in [2.75, 3.05) is 7.11 Å². The van der Waals surface area contributed by atoms with Gasteiger partial charge in [-0.15, -0.1) is 0 Å². The Kier molecular flexibility index (Phi) is 2.44. The Balaban J connectivity index is 3.09. The van der Waals surface area contributed by atoms with Crippen LogP contribution >= 0.6 is 11.6 Å². The van der Waals surface area contributed by atoms with Crippen molar-refractivity contribution in [3.63, 3.8) is 0 Å². The zero-order chi connectivity index (χ0) is 8.27. The van der Waals surface area contributed by atoms with Crippen molar-refractivity contribution in [1.82, 2.24) is 4.98 Å². The van der Waals surface area contributed by atoms with Gasteiger partial charge >= 0.3 is 0 Å². The summed E-state index contributed by atoms with van der Waals surface area (Å²) in [5, 5.41) is 0.345. The van der Waals surface area contributed by atoms with Crippen LogP contribution in [0.25, 0.3) is 0 Å². The van der Waals surface area contributed by atoms with Gasteiger partial charge in [0.1, 0.15) is 5.02 Å².